The fourth-order valence-corrected chi connectivity index (χ4v) is 8.94. The smallest absolute Gasteiger partial charge is 0.169 e. The van der Waals surface area contributed by atoms with Gasteiger partial charge in [0.2, 0.25) is 0 Å². The minimum absolute atomic E-state index is 1.07. The molecule has 0 aliphatic heterocycles. The maximum atomic E-state index is 2.36. The van der Waals surface area contributed by atoms with Crippen LogP contribution in [-0.2, 0) is 26.2 Å². The minimum atomic E-state index is 1.07. The second kappa shape index (κ2) is 34.1. The van der Waals surface area contributed by atoms with Crippen LogP contribution < -0.4 is 18.3 Å². The molecule has 0 saturated carbocycles. The number of nitrogens with zero attached hydrogens (tertiary/aromatic N) is 4. The van der Waals surface area contributed by atoms with Crippen molar-refractivity contribution in [2.45, 2.75) is 239 Å². The summed E-state index contributed by atoms with van der Waals surface area (Å²) in [5, 5.41) is 0. The quantitative estimate of drug-likeness (QED) is 0.0316. The molecule has 4 heterocycles. The lowest BCUT2D eigenvalue weighted by molar-refractivity contribution is -0.701. The van der Waals surface area contributed by atoms with Gasteiger partial charge >= 0.3 is 0 Å². The Hall–Kier alpha value is -3.40. The molecule has 0 atom stereocenters. The third kappa shape index (κ3) is 23.6. The molecule has 4 nitrogen and oxygen atoms in total. The molecule has 61 heavy (non-hydrogen) atoms. The summed E-state index contributed by atoms with van der Waals surface area (Å²) in [6.45, 7) is 9.01. The molecule has 0 spiro atoms. The molecule has 0 saturated heterocycles. The largest absolute Gasteiger partial charge is 0.205 e. The van der Waals surface area contributed by atoms with Crippen LogP contribution in [0.5, 0.6) is 0 Å². The first kappa shape index (κ1) is 50.2. The highest BCUT2D eigenvalue weighted by Crippen LogP contribution is 2.18. The molecule has 0 amide bonds. The Bertz CT molecular complexity index is 1460. The lowest BCUT2D eigenvalue weighted by Crippen LogP contribution is -2.34. The summed E-state index contributed by atoms with van der Waals surface area (Å²) in [5.74, 6) is 0. The van der Waals surface area contributed by atoms with E-state index in [1.165, 1.54) is 221 Å². The van der Waals surface area contributed by atoms with Crippen molar-refractivity contribution in [3.05, 3.63) is 98.1 Å². The average molecular weight is 833 g/mol. The summed E-state index contributed by atoms with van der Waals surface area (Å²) in [4.78, 5) is 0. The summed E-state index contributed by atoms with van der Waals surface area (Å²) in [7, 11) is 0. The van der Waals surface area contributed by atoms with Crippen molar-refractivity contribution >= 4 is 0 Å². The van der Waals surface area contributed by atoms with Crippen LogP contribution in [0.3, 0.4) is 0 Å². The molecule has 0 aliphatic rings. The van der Waals surface area contributed by atoms with Gasteiger partial charge in [-0.05, 0) is 41.5 Å². The first-order chi connectivity index (χ1) is 30.2. The van der Waals surface area contributed by atoms with E-state index in [0.717, 1.165) is 26.2 Å². The van der Waals surface area contributed by atoms with Crippen LogP contribution in [0.1, 0.15) is 213 Å². The summed E-state index contributed by atoms with van der Waals surface area (Å²) < 4.78 is 9.40. The van der Waals surface area contributed by atoms with Crippen molar-refractivity contribution < 1.29 is 18.3 Å². The molecular weight excluding hydrogens is 741 g/mol. The molecule has 0 fully saturated rings. The molecule has 336 valence electrons. The van der Waals surface area contributed by atoms with Gasteiger partial charge in [0, 0.05) is 74.2 Å². The number of aryl methyl sites for hydroxylation is 4. The summed E-state index contributed by atoms with van der Waals surface area (Å²) in [6, 6.07) is 18.2. The number of aromatic nitrogens is 4. The third-order valence-electron chi connectivity index (χ3n) is 13.1. The van der Waals surface area contributed by atoms with Crippen molar-refractivity contribution in [3.63, 3.8) is 0 Å². The van der Waals surface area contributed by atoms with Gasteiger partial charge in [0.05, 0.1) is 0 Å². The summed E-state index contributed by atoms with van der Waals surface area (Å²) in [6.07, 6.45) is 61.3. The molecule has 4 aromatic rings. The van der Waals surface area contributed by atoms with Crippen LogP contribution in [0, 0.1) is 0 Å². The van der Waals surface area contributed by atoms with E-state index in [2.05, 4.69) is 130 Å². The van der Waals surface area contributed by atoms with Gasteiger partial charge in [-0.1, -0.05) is 168 Å². The Morgan fingerprint density at radius 1 is 0.213 bits per heavy atom. The van der Waals surface area contributed by atoms with E-state index in [0.29, 0.717) is 0 Å². The molecule has 0 unspecified atom stereocenters. The van der Waals surface area contributed by atoms with Gasteiger partial charge in [-0.25, -0.2) is 18.3 Å². The zero-order valence-corrected chi connectivity index (χ0v) is 39.8. The second-order valence-corrected chi connectivity index (χ2v) is 18.6. The maximum Gasteiger partial charge on any atom is 0.169 e. The van der Waals surface area contributed by atoms with E-state index < -0.39 is 0 Å². The van der Waals surface area contributed by atoms with Gasteiger partial charge in [0.25, 0.3) is 0 Å². The number of hydrogen-bond donors (Lipinski definition) is 0. The number of unbranched alkanes of at least 4 members (excludes halogenated alkanes) is 28. The Morgan fingerprint density at radius 3 is 0.541 bits per heavy atom. The highest BCUT2D eigenvalue weighted by molar-refractivity contribution is 5.61. The number of hydrogen-bond acceptors (Lipinski definition) is 0. The van der Waals surface area contributed by atoms with E-state index in [4.69, 9.17) is 0 Å². The van der Waals surface area contributed by atoms with Gasteiger partial charge in [-0.3, -0.25) is 0 Å². The normalized spacial score (nSPS) is 11.4. The Morgan fingerprint density at radius 2 is 0.361 bits per heavy atom. The molecule has 4 heteroatoms. The van der Waals surface area contributed by atoms with Gasteiger partial charge in [0.15, 0.2) is 49.6 Å². The highest BCUT2D eigenvalue weighted by atomic mass is 14.9. The van der Waals surface area contributed by atoms with Crippen LogP contribution in [0.15, 0.2) is 98.1 Å². The van der Waals surface area contributed by atoms with Crippen molar-refractivity contribution in [2.24, 2.45) is 0 Å². The van der Waals surface area contributed by atoms with E-state index >= 15 is 0 Å². The molecule has 4 aromatic heterocycles. The van der Waals surface area contributed by atoms with E-state index in [-0.39, 0.29) is 0 Å². The number of pyridine rings is 4. The monoisotopic (exact) mass is 833 g/mol. The maximum absolute atomic E-state index is 2.36. The Labute approximate surface area is 376 Å². The van der Waals surface area contributed by atoms with Crippen molar-refractivity contribution in [1.29, 1.82) is 0 Å². The standard InChI is InChI=1S/C57H92N4/c1-3-5-7-9-11-13-15-17-19-21-23-25-27-30-42-58-46-34-54(35-47-58)56-38-50-60(51-39-56)44-32-29-33-45-61-52-40-57(41-53-61)55-36-48-59(49-37-55)43-31-28-26-24-22-20-18-16-14-12-10-8-6-4-2/h34-41,46-53H,3-33,42-45H2,1-2H3/q+4. The molecular formula is C57H92N4+4. The van der Waals surface area contributed by atoms with Crippen LogP contribution in [-0.4, -0.2) is 0 Å². The SMILES string of the molecule is CCCCCCCCCCCCCCCC[n+]1ccc(-c2cc[n+](CCCCC[n+]3ccc(-c4cc[n+](CCCCCCCCCCCCCCCC)cc4)cc3)cc2)cc1. The van der Waals surface area contributed by atoms with Crippen molar-refractivity contribution in [1.82, 2.24) is 0 Å². The average Bonchev–Trinajstić information content (AvgIpc) is 3.30. The van der Waals surface area contributed by atoms with Gasteiger partial charge in [-0.2, -0.15) is 0 Å². The Balaban J connectivity index is 0.981. The van der Waals surface area contributed by atoms with Crippen molar-refractivity contribution in [2.75, 3.05) is 0 Å². The van der Waals surface area contributed by atoms with Gasteiger partial charge in [-0.15, -0.1) is 0 Å². The molecule has 0 radical (unpaired) electrons. The first-order valence-electron chi connectivity index (χ1n) is 26.2. The molecule has 0 N–H and O–H groups in total. The molecule has 4 rings (SSSR count). The third-order valence-corrected chi connectivity index (χ3v) is 13.1. The number of rotatable bonds is 38. The fourth-order valence-electron chi connectivity index (χ4n) is 8.94. The zero-order chi connectivity index (χ0) is 42.7. The Kier molecular flexibility index (Phi) is 28.1. The lowest BCUT2D eigenvalue weighted by atomic mass is 10.0. The van der Waals surface area contributed by atoms with Crippen LogP contribution in [0.2, 0.25) is 0 Å². The van der Waals surface area contributed by atoms with Crippen LogP contribution >= 0.6 is 0 Å². The van der Waals surface area contributed by atoms with E-state index in [1.54, 1.807) is 0 Å². The lowest BCUT2D eigenvalue weighted by Gasteiger charge is -2.04. The summed E-state index contributed by atoms with van der Waals surface area (Å²) in [5.41, 5.74) is 5.21. The van der Waals surface area contributed by atoms with E-state index in [1.807, 2.05) is 0 Å². The van der Waals surface area contributed by atoms with Crippen molar-refractivity contribution in [3.8, 4) is 22.3 Å². The first-order valence-corrected chi connectivity index (χ1v) is 26.2. The van der Waals surface area contributed by atoms with Crippen LogP contribution in [0.4, 0.5) is 0 Å². The fraction of sp³-hybridized carbons (Fsp3) is 0.649. The van der Waals surface area contributed by atoms with Gasteiger partial charge < -0.3 is 0 Å². The minimum Gasteiger partial charge on any atom is -0.205 e. The molecule has 0 aromatic carbocycles. The highest BCUT2D eigenvalue weighted by Gasteiger charge is 2.09. The zero-order valence-electron chi connectivity index (χ0n) is 39.8. The van der Waals surface area contributed by atoms with E-state index in [9.17, 15) is 0 Å². The summed E-state index contributed by atoms with van der Waals surface area (Å²) >= 11 is 0. The molecule has 0 bridgehead atoms. The second-order valence-electron chi connectivity index (χ2n) is 18.6. The van der Waals surface area contributed by atoms with Crippen LogP contribution in [0.25, 0.3) is 22.3 Å². The topological polar surface area (TPSA) is 15.5 Å². The predicted octanol–water partition coefficient (Wildman–Crippen LogP) is 15.0. The predicted molar refractivity (Wildman–Crippen MR) is 259 cm³/mol. The molecule has 0 aliphatic carbocycles. The van der Waals surface area contributed by atoms with Gasteiger partial charge in [0.1, 0.15) is 26.2 Å².